The van der Waals surface area contributed by atoms with Gasteiger partial charge in [0, 0.05) is 4.91 Å². The lowest BCUT2D eigenvalue weighted by Gasteiger charge is -2.42. The van der Waals surface area contributed by atoms with Crippen LogP contribution in [0.4, 0.5) is 0 Å². The molecular formula is C18H31ClO3S. The van der Waals surface area contributed by atoms with Gasteiger partial charge in [-0.15, -0.1) is 0 Å². The smallest absolute Gasteiger partial charge is 0.243 e. The van der Waals surface area contributed by atoms with Gasteiger partial charge in [-0.05, 0) is 56.5 Å². The van der Waals surface area contributed by atoms with E-state index in [0.717, 1.165) is 38.5 Å². The summed E-state index contributed by atoms with van der Waals surface area (Å²) in [5.41, 5.74) is 0. The molecule has 5 heteroatoms. The van der Waals surface area contributed by atoms with Crippen molar-refractivity contribution in [2.75, 3.05) is 0 Å². The molecule has 1 fully saturated rings. The predicted octanol–water partition coefficient (Wildman–Crippen LogP) is 5.24. The summed E-state index contributed by atoms with van der Waals surface area (Å²) in [5.74, 6) is 0.780. The summed E-state index contributed by atoms with van der Waals surface area (Å²) in [5, 5.41) is -0.700. The fourth-order valence-corrected chi connectivity index (χ4v) is 6.33. The van der Waals surface area contributed by atoms with Crippen molar-refractivity contribution in [3.8, 4) is 0 Å². The quantitative estimate of drug-likeness (QED) is 0.555. The molecule has 0 aliphatic heterocycles. The third-order valence-corrected chi connectivity index (χ3v) is 8.61. The Labute approximate surface area is 146 Å². The molecule has 3 unspecified atom stereocenters. The lowest BCUT2D eigenvalue weighted by molar-refractivity contribution is -0.115. The second kappa shape index (κ2) is 8.66. The standard InChI is InChI=1S/C18H31ClO3S/c1-5-8-10-15-11-12-18(17(19)20,13-16(15)9-6-2)23(21,22)14(4)7-3/h7,15-16H,5-6,8-13H2,1-4H3. The lowest BCUT2D eigenvalue weighted by atomic mass is 9.70. The maximum absolute atomic E-state index is 13.0. The molecule has 3 nitrogen and oxygen atoms in total. The van der Waals surface area contributed by atoms with Crippen LogP contribution in [0.15, 0.2) is 11.0 Å². The van der Waals surface area contributed by atoms with Crippen LogP contribution in [0.3, 0.4) is 0 Å². The van der Waals surface area contributed by atoms with E-state index in [0.29, 0.717) is 18.8 Å². The monoisotopic (exact) mass is 362 g/mol. The molecular weight excluding hydrogens is 332 g/mol. The van der Waals surface area contributed by atoms with Gasteiger partial charge in [0.25, 0.3) is 0 Å². The van der Waals surface area contributed by atoms with Gasteiger partial charge in [0.05, 0.1) is 0 Å². The first kappa shape index (κ1) is 20.7. The van der Waals surface area contributed by atoms with Crippen LogP contribution in [0.1, 0.15) is 79.1 Å². The summed E-state index contributed by atoms with van der Waals surface area (Å²) in [6.07, 6.45) is 8.47. The van der Waals surface area contributed by atoms with Crippen molar-refractivity contribution in [3.05, 3.63) is 11.0 Å². The van der Waals surface area contributed by atoms with E-state index in [9.17, 15) is 13.2 Å². The molecule has 0 aromatic rings. The number of allylic oxidation sites excluding steroid dienone is 2. The Kier molecular flexibility index (Phi) is 7.79. The predicted molar refractivity (Wildman–Crippen MR) is 97.2 cm³/mol. The molecule has 1 saturated carbocycles. The van der Waals surface area contributed by atoms with Crippen LogP contribution in [-0.4, -0.2) is 18.4 Å². The molecule has 1 rings (SSSR count). The van der Waals surface area contributed by atoms with E-state index in [2.05, 4.69) is 13.8 Å². The van der Waals surface area contributed by atoms with Crippen LogP contribution in [-0.2, 0) is 14.6 Å². The average molecular weight is 363 g/mol. The Hall–Kier alpha value is -0.350. The number of carbonyl (C=O) groups excluding carboxylic acids is 1. The third kappa shape index (κ3) is 4.19. The van der Waals surface area contributed by atoms with Crippen LogP contribution < -0.4 is 0 Å². The van der Waals surface area contributed by atoms with Gasteiger partial charge in [0.2, 0.25) is 5.24 Å². The number of halogens is 1. The zero-order valence-electron chi connectivity index (χ0n) is 14.9. The van der Waals surface area contributed by atoms with Crippen molar-refractivity contribution in [1.29, 1.82) is 0 Å². The van der Waals surface area contributed by atoms with Crippen LogP contribution in [0, 0.1) is 11.8 Å². The van der Waals surface area contributed by atoms with E-state index in [4.69, 9.17) is 11.6 Å². The van der Waals surface area contributed by atoms with Gasteiger partial charge in [0.1, 0.15) is 0 Å². The fourth-order valence-electron chi connectivity index (χ4n) is 3.89. The zero-order chi connectivity index (χ0) is 17.7. The number of sulfone groups is 1. The Balaban J connectivity index is 3.19. The van der Waals surface area contributed by atoms with E-state index in [-0.39, 0.29) is 10.8 Å². The summed E-state index contributed by atoms with van der Waals surface area (Å²) in [4.78, 5) is 12.5. The van der Waals surface area contributed by atoms with E-state index in [1.807, 2.05) is 0 Å². The maximum atomic E-state index is 13.0. The number of hydrogen-bond donors (Lipinski definition) is 0. The molecule has 0 aromatic heterocycles. The first-order chi connectivity index (χ1) is 10.8. The van der Waals surface area contributed by atoms with Gasteiger partial charge < -0.3 is 0 Å². The van der Waals surface area contributed by atoms with Crippen molar-refractivity contribution < 1.29 is 13.2 Å². The molecule has 0 heterocycles. The number of hydrogen-bond acceptors (Lipinski definition) is 3. The van der Waals surface area contributed by atoms with E-state index in [1.54, 1.807) is 19.9 Å². The van der Waals surface area contributed by atoms with E-state index in [1.165, 1.54) is 0 Å². The maximum Gasteiger partial charge on any atom is 0.243 e. The molecule has 0 radical (unpaired) electrons. The topological polar surface area (TPSA) is 51.2 Å². The normalized spacial score (nSPS) is 29.5. The minimum absolute atomic E-state index is 0.258. The summed E-state index contributed by atoms with van der Waals surface area (Å²) in [7, 11) is -3.69. The molecule has 0 aromatic carbocycles. The van der Waals surface area contributed by atoms with Gasteiger partial charge in [-0.2, -0.15) is 0 Å². The molecule has 3 atom stereocenters. The minimum atomic E-state index is -3.69. The minimum Gasteiger partial charge on any atom is -0.279 e. The summed E-state index contributed by atoms with van der Waals surface area (Å²) in [6, 6.07) is 0. The van der Waals surface area contributed by atoms with Gasteiger partial charge in [-0.25, -0.2) is 8.42 Å². The number of carbonyl (C=O) groups is 1. The fraction of sp³-hybridized carbons (Fsp3) is 0.833. The molecule has 23 heavy (non-hydrogen) atoms. The van der Waals surface area contributed by atoms with Gasteiger partial charge in [0.15, 0.2) is 14.6 Å². The molecule has 0 N–H and O–H groups in total. The average Bonchev–Trinajstić information content (AvgIpc) is 2.52. The molecule has 0 spiro atoms. The Morgan fingerprint density at radius 3 is 2.35 bits per heavy atom. The lowest BCUT2D eigenvalue weighted by Crippen LogP contribution is -2.50. The first-order valence-corrected chi connectivity index (χ1v) is 10.7. The Bertz CT molecular complexity index is 538. The van der Waals surface area contributed by atoms with E-state index < -0.39 is 19.8 Å². The van der Waals surface area contributed by atoms with Crippen molar-refractivity contribution in [2.24, 2.45) is 11.8 Å². The van der Waals surface area contributed by atoms with Crippen LogP contribution in [0.2, 0.25) is 0 Å². The van der Waals surface area contributed by atoms with Crippen LogP contribution >= 0.6 is 11.6 Å². The molecule has 1 aliphatic carbocycles. The molecule has 0 bridgehead atoms. The van der Waals surface area contributed by atoms with Crippen LogP contribution in [0.5, 0.6) is 0 Å². The molecule has 1 aliphatic rings. The second-order valence-electron chi connectivity index (χ2n) is 6.86. The van der Waals surface area contributed by atoms with Crippen molar-refractivity contribution >= 4 is 26.7 Å². The molecule has 134 valence electrons. The highest BCUT2D eigenvalue weighted by Gasteiger charge is 2.54. The largest absolute Gasteiger partial charge is 0.279 e. The SMILES string of the molecule is CC=C(C)S(=O)(=O)C1(C(=O)Cl)CCC(CCCC)C(CCC)C1. The number of unbranched alkanes of at least 4 members (excludes halogenated alkanes) is 1. The molecule has 0 amide bonds. The van der Waals surface area contributed by atoms with Crippen molar-refractivity contribution in [1.82, 2.24) is 0 Å². The van der Waals surface area contributed by atoms with Crippen LogP contribution in [0.25, 0.3) is 0 Å². The first-order valence-electron chi connectivity index (χ1n) is 8.84. The number of rotatable bonds is 8. The Morgan fingerprint density at radius 1 is 1.22 bits per heavy atom. The van der Waals surface area contributed by atoms with Gasteiger partial charge in [-0.1, -0.05) is 52.0 Å². The van der Waals surface area contributed by atoms with Gasteiger partial charge in [-0.3, -0.25) is 4.79 Å². The summed E-state index contributed by atoms with van der Waals surface area (Å²) in [6.45, 7) is 7.54. The summed E-state index contributed by atoms with van der Waals surface area (Å²) < 4.78 is 24.5. The second-order valence-corrected chi connectivity index (χ2v) is 9.64. The van der Waals surface area contributed by atoms with Crippen molar-refractivity contribution in [2.45, 2.75) is 83.8 Å². The molecule has 0 saturated heterocycles. The van der Waals surface area contributed by atoms with Gasteiger partial charge >= 0.3 is 0 Å². The highest BCUT2D eigenvalue weighted by molar-refractivity contribution is 7.97. The summed E-state index contributed by atoms with van der Waals surface area (Å²) >= 11 is 5.87. The highest BCUT2D eigenvalue weighted by atomic mass is 35.5. The highest BCUT2D eigenvalue weighted by Crippen LogP contribution is 2.47. The third-order valence-electron chi connectivity index (χ3n) is 5.47. The zero-order valence-corrected chi connectivity index (χ0v) is 16.5. The Morgan fingerprint density at radius 2 is 1.87 bits per heavy atom. The van der Waals surface area contributed by atoms with Crippen molar-refractivity contribution in [3.63, 3.8) is 0 Å². The van der Waals surface area contributed by atoms with E-state index >= 15 is 0 Å².